The summed E-state index contributed by atoms with van der Waals surface area (Å²) in [5, 5.41) is 0.321. The zero-order valence-corrected chi connectivity index (χ0v) is 16.5. The van der Waals surface area contributed by atoms with Crippen LogP contribution in [-0.2, 0) is 11.2 Å². The molecule has 28 heavy (non-hydrogen) atoms. The Morgan fingerprint density at radius 3 is 2.25 bits per heavy atom. The van der Waals surface area contributed by atoms with Gasteiger partial charge in [-0.1, -0.05) is 44.7 Å². The minimum absolute atomic E-state index is 0.0332. The number of benzene rings is 2. The number of nitrogens with zero attached hydrogens (tertiary/aromatic N) is 2. The van der Waals surface area contributed by atoms with Crippen LogP contribution in [0.15, 0.2) is 53.7 Å². The van der Waals surface area contributed by atoms with Gasteiger partial charge in [-0.15, -0.1) is 0 Å². The smallest absolute Gasteiger partial charge is 0.223 e. The van der Waals surface area contributed by atoms with Crippen LogP contribution in [0.3, 0.4) is 0 Å². The molecule has 146 valence electrons. The van der Waals surface area contributed by atoms with Gasteiger partial charge in [-0.25, -0.2) is 18.2 Å². The number of halogens is 3. The molecule has 0 N–H and O–H groups in total. The van der Waals surface area contributed by atoms with E-state index in [0.29, 0.717) is 16.6 Å². The molecule has 0 aliphatic rings. The quantitative estimate of drug-likeness (QED) is 0.370. The molecular formula is C21H19F3N2OS. The maximum absolute atomic E-state index is 13.9. The van der Waals surface area contributed by atoms with Crippen molar-refractivity contribution in [3.8, 4) is 11.6 Å². The molecule has 3 nitrogen and oxygen atoms in total. The molecule has 1 heterocycles. The van der Waals surface area contributed by atoms with E-state index in [1.807, 2.05) is 20.8 Å². The maximum Gasteiger partial charge on any atom is 0.223 e. The van der Waals surface area contributed by atoms with E-state index in [4.69, 9.17) is 4.74 Å². The van der Waals surface area contributed by atoms with Crippen molar-refractivity contribution in [3.05, 3.63) is 77.2 Å². The summed E-state index contributed by atoms with van der Waals surface area (Å²) in [6.45, 7) is 5.94. The Kier molecular flexibility index (Phi) is 5.93. The van der Waals surface area contributed by atoms with Gasteiger partial charge < -0.3 is 4.74 Å². The van der Waals surface area contributed by atoms with E-state index in [1.165, 1.54) is 36.4 Å². The van der Waals surface area contributed by atoms with Crippen LogP contribution in [0.5, 0.6) is 11.6 Å². The van der Waals surface area contributed by atoms with E-state index in [0.717, 1.165) is 11.8 Å². The molecule has 1 aromatic heterocycles. The summed E-state index contributed by atoms with van der Waals surface area (Å²) in [5.41, 5.74) is 0.358. The fourth-order valence-electron chi connectivity index (χ4n) is 2.36. The fraction of sp³-hybridized carbons (Fsp3) is 0.238. The van der Waals surface area contributed by atoms with Crippen molar-refractivity contribution in [2.75, 3.05) is 0 Å². The highest BCUT2D eigenvalue weighted by Crippen LogP contribution is 2.30. The lowest BCUT2D eigenvalue weighted by Crippen LogP contribution is -2.14. The molecular weight excluding hydrogens is 385 g/mol. The number of thioether (sulfide) groups is 1. The first-order chi connectivity index (χ1) is 13.2. The predicted molar refractivity (Wildman–Crippen MR) is 103 cm³/mol. The Morgan fingerprint density at radius 1 is 0.929 bits per heavy atom. The van der Waals surface area contributed by atoms with Crippen LogP contribution in [0.2, 0.25) is 0 Å². The Bertz CT molecular complexity index is 969. The van der Waals surface area contributed by atoms with E-state index in [2.05, 4.69) is 9.97 Å². The summed E-state index contributed by atoms with van der Waals surface area (Å²) in [7, 11) is 0. The average Bonchev–Trinajstić information content (AvgIpc) is 2.60. The van der Waals surface area contributed by atoms with Crippen LogP contribution in [0.1, 0.15) is 32.0 Å². The van der Waals surface area contributed by atoms with Crippen molar-refractivity contribution in [1.29, 1.82) is 0 Å². The van der Waals surface area contributed by atoms with Gasteiger partial charge in [0.15, 0.2) is 5.16 Å². The highest BCUT2D eigenvalue weighted by atomic mass is 32.2. The number of rotatable bonds is 5. The molecule has 0 saturated heterocycles. The molecule has 0 aliphatic carbocycles. The molecule has 2 aromatic carbocycles. The van der Waals surface area contributed by atoms with E-state index in [1.54, 1.807) is 12.1 Å². The first-order valence-electron chi connectivity index (χ1n) is 8.61. The SMILES string of the molecule is CC(C)(C)c1cc(Oc2cccc(F)c2)nc(SCc2c(F)cccc2F)n1. The van der Waals surface area contributed by atoms with Gasteiger partial charge in [0.2, 0.25) is 5.88 Å². The van der Waals surface area contributed by atoms with Gasteiger partial charge >= 0.3 is 0 Å². The third kappa shape index (κ3) is 5.04. The number of aromatic nitrogens is 2. The van der Waals surface area contributed by atoms with Crippen molar-refractivity contribution in [2.24, 2.45) is 0 Å². The summed E-state index contributed by atoms with van der Waals surface area (Å²) in [5.74, 6) is -1.08. The van der Waals surface area contributed by atoms with Crippen LogP contribution in [0.4, 0.5) is 13.2 Å². The predicted octanol–water partition coefficient (Wildman–Crippen LogP) is 6.28. The fourth-order valence-corrected chi connectivity index (χ4v) is 3.23. The molecule has 0 bridgehead atoms. The second-order valence-electron chi connectivity index (χ2n) is 7.17. The number of hydrogen-bond acceptors (Lipinski definition) is 4. The monoisotopic (exact) mass is 404 g/mol. The second kappa shape index (κ2) is 8.22. The third-order valence-electron chi connectivity index (χ3n) is 3.88. The topological polar surface area (TPSA) is 35.0 Å². The first kappa shape index (κ1) is 20.2. The van der Waals surface area contributed by atoms with Crippen LogP contribution in [0, 0.1) is 17.5 Å². The van der Waals surface area contributed by atoms with Gasteiger partial charge in [0.05, 0.1) is 5.69 Å². The molecule has 3 rings (SSSR count). The van der Waals surface area contributed by atoms with Gasteiger partial charge in [-0.2, -0.15) is 4.98 Å². The average molecular weight is 404 g/mol. The largest absolute Gasteiger partial charge is 0.439 e. The zero-order chi connectivity index (χ0) is 20.3. The van der Waals surface area contributed by atoms with Crippen molar-refractivity contribution in [2.45, 2.75) is 37.1 Å². The third-order valence-corrected chi connectivity index (χ3v) is 4.75. The summed E-state index contributed by atoms with van der Waals surface area (Å²) in [6.07, 6.45) is 0. The van der Waals surface area contributed by atoms with Gasteiger partial charge in [-0.05, 0) is 24.3 Å². The van der Waals surface area contributed by atoms with Crippen molar-refractivity contribution in [1.82, 2.24) is 9.97 Å². The second-order valence-corrected chi connectivity index (χ2v) is 8.11. The highest BCUT2D eigenvalue weighted by Gasteiger charge is 2.20. The number of hydrogen-bond donors (Lipinski definition) is 0. The Hall–Kier alpha value is -2.54. The van der Waals surface area contributed by atoms with Crippen LogP contribution in [0.25, 0.3) is 0 Å². The van der Waals surface area contributed by atoms with Crippen LogP contribution < -0.4 is 4.74 Å². The Balaban J connectivity index is 1.89. The van der Waals surface area contributed by atoms with Gasteiger partial charge in [0.25, 0.3) is 0 Å². The van der Waals surface area contributed by atoms with Crippen LogP contribution in [-0.4, -0.2) is 9.97 Å². The standard InChI is InChI=1S/C21H19F3N2OS/c1-21(2,3)18-11-19(27-14-7-4-6-13(22)10-14)26-20(25-18)28-12-15-16(23)8-5-9-17(15)24/h4-11H,12H2,1-3H3. The van der Waals surface area contributed by atoms with E-state index in [-0.39, 0.29) is 22.6 Å². The molecule has 0 radical (unpaired) electrons. The van der Waals surface area contributed by atoms with E-state index < -0.39 is 17.5 Å². The van der Waals surface area contributed by atoms with Crippen LogP contribution >= 0.6 is 11.8 Å². The maximum atomic E-state index is 13.9. The molecule has 0 saturated carbocycles. The number of ether oxygens (including phenoxy) is 1. The molecule has 0 aliphatic heterocycles. The van der Waals surface area contributed by atoms with Crippen molar-refractivity contribution < 1.29 is 17.9 Å². The molecule has 0 unspecified atom stereocenters. The lowest BCUT2D eigenvalue weighted by atomic mass is 9.92. The lowest BCUT2D eigenvalue weighted by molar-refractivity contribution is 0.443. The first-order valence-corrected chi connectivity index (χ1v) is 9.59. The highest BCUT2D eigenvalue weighted by molar-refractivity contribution is 7.98. The zero-order valence-electron chi connectivity index (χ0n) is 15.7. The molecule has 0 atom stereocenters. The van der Waals surface area contributed by atoms with Crippen molar-refractivity contribution in [3.63, 3.8) is 0 Å². The van der Waals surface area contributed by atoms with E-state index >= 15 is 0 Å². The minimum atomic E-state index is -0.615. The molecule has 7 heteroatoms. The van der Waals surface area contributed by atoms with Gasteiger partial charge in [0, 0.05) is 28.9 Å². The van der Waals surface area contributed by atoms with Crippen molar-refractivity contribution >= 4 is 11.8 Å². The normalized spacial score (nSPS) is 11.5. The summed E-state index contributed by atoms with van der Waals surface area (Å²) >= 11 is 1.10. The minimum Gasteiger partial charge on any atom is -0.439 e. The Morgan fingerprint density at radius 2 is 1.61 bits per heavy atom. The lowest BCUT2D eigenvalue weighted by Gasteiger charge is -2.19. The summed E-state index contributed by atoms with van der Waals surface area (Å²) < 4.78 is 46.8. The summed E-state index contributed by atoms with van der Waals surface area (Å²) in [4.78, 5) is 8.80. The molecule has 0 amide bonds. The van der Waals surface area contributed by atoms with Gasteiger partial charge in [-0.3, -0.25) is 0 Å². The summed E-state index contributed by atoms with van der Waals surface area (Å²) in [6, 6.07) is 11.1. The van der Waals surface area contributed by atoms with Gasteiger partial charge in [0.1, 0.15) is 23.2 Å². The van der Waals surface area contributed by atoms with E-state index in [9.17, 15) is 13.2 Å². The Labute approximate surface area is 166 Å². The molecule has 0 fully saturated rings. The molecule has 3 aromatic rings. The molecule has 0 spiro atoms.